The predicted octanol–water partition coefficient (Wildman–Crippen LogP) is 2.67. The number of piperidine rings is 1. The standard InChI is InChI=1S/C18H23N5OS/c1-12-6-8-14(9-7-12)15-16(17(24)22-10-4-3-5-11-22)25-18-20-19-13(2)23(18)21-15/h6-9,15-16,21H,3-5,10-11H2,1-2H3/t15-,16+/m0/s1. The van der Waals surface area contributed by atoms with Gasteiger partial charge in [-0.05, 0) is 38.7 Å². The first-order valence-corrected chi connectivity index (χ1v) is 9.72. The number of thioether (sulfide) groups is 1. The topological polar surface area (TPSA) is 63.1 Å². The average molecular weight is 357 g/mol. The molecule has 7 heteroatoms. The summed E-state index contributed by atoms with van der Waals surface area (Å²) >= 11 is 1.52. The summed E-state index contributed by atoms with van der Waals surface area (Å²) in [5.74, 6) is 1.01. The molecule has 0 spiro atoms. The van der Waals surface area contributed by atoms with Gasteiger partial charge in [0.05, 0.1) is 6.04 Å². The maximum absolute atomic E-state index is 13.2. The van der Waals surface area contributed by atoms with E-state index < -0.39 is 0 Å². The zero-order valence-electron chi connectivity index (χ0n) is 14.6. The molecule has 6 nitrogen and oxygen atoms in total. The Bertz CT molecular complexity index is 766. The van der Waals surface area contributed by atoms with Gasteiger partial charge in [0.25, 0.3) is 0 Å². The Morgan fingerprint density at radius 3 is 2.56 bits per heavy atom. The lowest BCUT2D eigenvalue weighted by atomic mass is 10.0. The number of hydrogen-bond acceptors (Lipinski definition) is 5. The number of fused-ring (bicyclic) bond motifs is 1. The van der Waals surface area contributed by atoms with Crippen LogP contribution in [0.5, 0.6) is 0 Å². The number of nitrogens with one attached hydrogen (secondary N) is 1. The molecule has 0 radical (unpaired) electrons. The Labute approximate surface area is 152 Å². The Balaban J connectivity index is 1.68. The summed E-state index contributed by atoms with van der Waals surface area (Å²) in [6, 6.07) is 8.31. The van der Waals surface area contributed by atoms with Gasteiger partial charge in [-0.2, -0.15) is 0 Å². The maximum atomic E-state index is 13.2. The van der Waals surface area contributed by atoms with E-state index in [0.29, 0.717) is 0 Å². The van der Waals surface area contributed by atoms with E-state index in [1.54, 1.807) is 0 Å². The van der Waals surface area contributed by atoms with Gasteiger partial charge in [-0.25, -0.2) is 4.68 Å². The van der Waals surface area contributed by atoms with Crippen LogP contribution < -0.4 is 5.43 Å². The molecule has 1 N–H and O–H groups in total. The smallest absolute Gasteiger partial charge is 0.238 e. The predicted molar refractivity (Wildman–Crippen MR) is 98.1 cm³/mol. The molecule has 1 aromatic carbocycles. The van der Waals surface area contributed by atoms with E-state index in [4.69, 9.17) is 0 Å². The molecule has 2 atom stereocenters. The minimum atomic E-state index is -0.225. The summed E-state index contributed by atoms with van der Waals surface area (Å²) in [7, 11) is 0. The molecule has 1 amide bonds. The second kappa shape index (κ2) is 6.71. The number of carbonyl (C=O) groups is 1. The SMILES string of the molecule is Cc1ccc([C@@H]2Nn3c(C)nnc3S[C@H]2C(=O)N2CCCCC2)cc1. The highest BCUT2D eigenvalue weighted by molar-refractivity contribution is 8.00. The zero-order chi connectivity index (χ0) is 17.4. The molecule has 0 saturated carbocycles. The number of amides is 1. The lowest BCUT2D eigenvalue weighted by molar-refractivity contribution is -0.131. The van der Waals surface area contributed by atoms with Crippen molar-refractivity contribution in [3.8, 4) is 0 Å². The molecule has 2 aliphatic rings. The Morgan fingerprint density at radius 2 is 1.84 bits per heavy atom. The molecule has 25 heavy (non-hydrogen) atoms. The van der Waals surface area contributed by atoms with Crippen molar-refractivity contribution in [3.63, 3.8) is 0 Å². The minimum absolute atomic E-state index is 0.0952. The average Bonchev–Trinajstić information content (AvgIpc) is 3.02. The zero-order valence-corrected chi connectivity index (χ0v) is 15.4. The van der Waals surface area contributed by atoms with Crippen molar-refractivity contribution in [2.75, 3.05) is 18.5 Å². The summed E-state index contributed by atoms with van der Waals surface area (Å²) in [6.07, 6.45) is 3.41. The summed E-state index contributed by atoms with van der Waals surface area (Å²) in [4.78, 5) is 15.2. The van der Waals surface area contributed by atoms with E-state index >= 15 is 0 Å². The van der Waals surface area contributed by atoms with Gasteiger partial charge in [0.15, 0.2) is 0 Å². The number of aromatic nitrogens is 3. The third-order valence-electron chi connectivity index (χ3n) is 4.95. The summed E-state index contributed by atoms with van der Waals surface area (Å²) < 4.78 is 1.90. The van der Waals surface area contributed by atoms with Gasteiger partial charge in [0.2, 0.25) is 11.1 Å². The van der Waals surface area contributed by atoms with Gasteiger partial charge in [-0.15, -0.1) is 10.2 Å². The highest BCUT2D eigenvalue weighted by Crippen LogP contribution is 2.38. The van der Waals surface area contributed by atoms with Crippen LogP contribution in [0.2, 0.25) is 0 Å². The number of benzene rings is 1. The van der Waals surface area contributed by atoms with Gasteiger partial charge in [-0.1, -0.05) is 41.6 Å². The second-order valence-corrected chi connectivity index (χ2v) is 7.92. The van der Waals surface area contributed by atoms with E-state index in [0.717, 1.165) is 42.5 Å². The first-order chi connectivity index (χ1) is 12.1. The number of hydrogen-bond donors (Lipinski definition) is 1. The number of likely N-dealkylation sites (tertiary alicyclic amines) is 1. The highest BCUT2D eigenvalue weighted by atomic mass is 32.2. The molecular formula is C18H23N5OS. The molecule has 1 saturated heterocycles. The molecule has 2 aromatic rings. The van der Waals surface area contributed by atoms with E-state index in [9.17, 15) is 4.79 Å². The van der Waals surface area contributed by atoms with Gasteiger partial charge < -0.3 is 10.3 Å². The molecule has 0 aliphatic carbocycles. The van der Waals surface area contributed by atoms with Crippen LogP contribution in [0.1, 0.15) is 42.3 Å². The van der Waals surface area contributed by atoms with Crippen molar-refractivity contribution >= 4 is 17.7 Å². The third kappa shape index (κ3) is 3.13. The summed E-state index contributed by atoms with van der Waals surface area (Å²) in [5, 5.41) is 8.91. The Morgan fingerprint density at radius 1 is 1.12 bits per heavy atom. The van der Waals surface area contributed by atoms with Gasteiger partial charge >= 0.3 is 0 Å². The minimum Gasteiger partial charge on any atom is -0.342 e. The molecule has 1 aromatic heterocycles. The number of nitrogens with zero attached hydrogens (tertiary/aromatic N) is 4. The van der Waals surface area contributed by atoms with Crippen LogP contribution >= 0.6 is 11.8 Å². The fourth-order valence-corrected chi connectivity index (χ4v) is 4.68. The second-order valence-electron chi connectivity index (χ2n) is 6.81. The number of aryl methyl sites for hydroxylation is 2. The van der Waals surface area contributed by atoms with Crippen molar-refractivity contribution in [2.24, 2.45) is 0 Å². The summed E-state index contributed by atoms with van der Waals surface area (Å²) in [5.41, 5.74) is 5.81. The van der Waals surface area contributed by atoms with Crippen LogP contribution in [0.4, 0.5) is 0 Å². The molecule has 2 aliphatic heterocycles. The molecule has 0 bridgehead atoms. The monoisotopic (exact) mass is 357 g/mol. The largest absolute Gasteiger partial charge is 0.342 e. The Kier molecular flexibility index (Phi) is 4.41. The van der Waals surface area contributed by atoms with Crippen molar-refractivity contribution in [2.45, 2.75) is 49.6 Å². The molecular weight excluding hydrogens is 334 g/mol. The Hall–Kier alpha value is -2.02. The fraction of sp³-hybridized carbons (Fsp3) is 0.500. The van der Waals surface area contributed by atoms with Crippen LogP contribution in [0.25, 0.3) is 0 Å². The van der Waals surface area contributed by atoms with Crippen LogP contribution in [0.15, 0.2) is 29.4 Å². The van der Waals surface area contributed by atoms with Gasteiger partial charge in [0.1, 0.15) is 11.1 Å². The number of carbonyl (C=O) groups excluding carboxylic acids is 1. The lowest BCUT2D eigenvalue weighted by Crippen LogP contribution is -2.47. The van der Waals surface area contributed by atoms with Gasteiger partial charge in [-0.3, -0.25) is 4.79 Å². The van der Waals surface area contributed by atoms with E-state index in [1.807, 2.05) is 16.5 Å². The molecule has 3 heterocycles. The first-order valence-electron chi connectivity index (χ1n) is 8.84. The molecule has 4 rings (SSSR count). The molecule has 132 valence electrons. The lowest BCUT2D eigenvalue weighted by Gasteiger charge is -2.37. The number of rotatable bonds is 2. The van der Waals surface area contributed by atoms with Crippen LogP contribution in [0, 0.1) is 13.8 Å². The fourth-order valence-electron chi connectivity index (χ4n) is 3.47. The van der Waals surface area contributed by atoms with Crippen LogP contribution in [-0.2, 0) is 4.79 Å². The van der Waals surface area contributed by atoms with E-state index in [1.165, 1.54) is 23.7 Å². The van der Waals surface area contributed by atoms with Gasteiger partial charge in [0, 0.05) is 13.1 Å². The normalized spacial score (nSPS) is 23.0. The third-order valence-corrected chi connectivity index (χ3v) is 6.15. The molecule has 0 unspecified atom stereocenters. The van der Waals surface area contributed by atoms with Crippen molar-refractivity contribution in [3.05, 3.63) is 41.2 Å². The van der Waals surface area contributed by atoms with Crippen molar-refractivity contribution in [1.82, 2.24) is 19.8 Å². The van der Waals surface area contributed by atoms with Crippen LogP contribution in [-0.4, -0.2) is 44.0 Å². The molecule has 1 fully saturated rings. The van der Waals surface area contributed by atoms with Crippen LogP contribution in [0.3, 0.4) is 0 Å². The maximum Gasteiger partial charge on any atom is 0.238 e. The first kappa shape index (κ1) is 16.4. The van der Waals surface area contributed by atoms with Crippen molar-refractivity contribution < 1.29 is 4.79 Å². The van der Waals surface area contributed by atoms with E-state index in [-0.39, 0.29) is 17.2 Å². The van der Waals surface area contributed by atoms with E-state index in [2.05, 4.69) is 46.8 Å². The van der Waals surface area contributed by atoms with Crippen molar-refractivity contribution in [1.29, 1.82) is 0 Å². The highest BCUT2D eigenvalue weighted by Gasteiger charge is 2.39. The quantitative estimate of drug-likeness (QED) is 0.895. The summed E-state index contributed by atoms with van der Waals surface area (Å²) in [6.45, 7) is 5.72.